The molecule has 3 heteroatoms. The molecule has 0 aromatic rings. The van der Waals surface area contributed by atoms with Crippen LogP contribution in [0.5, 0.6) is 0 Å². The van der Waals surface area contributed by atoms with Crippen molar-refractivity contribution in [1.29, 1.82) is 0 Å². The highest BCUT2D eigenvalue weighted by Crippen LogP contribution is 2.22. The number of nitrogens with zero attached hydrogens (tertiary/aromatic N) is 1. The Morgan fingerprint density at radius 1 is 1.50 bits per heavy atom. The van der Waals surface area contributed by atoms with E-state index >= 15 is 0 Å². The highest BCUT2D eigenvalue weighted by atomic mass is 32.2. The van der Waals surface area contributed by atoms with Crippen LogP contribution in [0.4, 0.5) is 0 Å². The molecular weight excluding hydrogens is 192 g/mol. The fraction of sp³-hybridized carbons (Fsp3) is 1.00. The Kier molecular flexibility index (Phi) is 5.90. The number of rotatable bonds is 5. The van der Waals surface area contributed by atoms with Gasteiger partial charge in [0.05, 0.1) is 0 Å². The molecule has 1 rings (SSSR count). The summed E-state index contributed by atoms with van der Waals surface area (Å²) >= 11 is 1.95. The van der Waals surface area contributed by atoms with Crippen molar-refractivity contribution in [2.24, 2.45) is 17.6 Å². The van der Waals surface area contributed by atoms with Crippen LogP contribution in [0, 0.1) is 11.8 Å². The number of hydrogen-bond acceptors (Lipinski definition) is 3. The Morgan fingerprint density at radius 3 is 2.93 bits per heavy atom. The maximum Gasteiger partial charge on any atom is 0.00243 e. The van der Waals surface area contributed by atoms with Gasteiger partial charge in [0.25, 0.3) is 0 Å². The van der Waals surface area contributed by atoms with Gasteiger partial charge in [-0.25, -0.2) is 0 Å². The molecule has 1 aliphatic rings. The van der Waals surface area contributed by atoms with E-state index in [2.05, 4.69) is 18.1 Å². The van der Waals surface area contributed by atoms with Crippen molar-refractivity contribution in [3.05, 3.63) is 0 Å². The minimum atomic E-state index is 0.734. The van der Waals surface area contributed by atoms with E-state index in [1.165, 1.54) is 38.2 Å². The molecule has 0 radical (unpaired) electrons. The molecule has 0 aromatic carbocycles. The number of thioether (sulfide) groups is 1. The Hall–Kier alpha value is 0.270. The highest BCUT2D eigenvalue weighted by molar-refractivity contribution is 7.98. The molecule has 1 aliphatic heterocycles. The lowest BCUT2D eigenvalue weighted by Crippen LogP contribution is -2.43. The summed E-state index contributed by atoms with van der Waals surface area (Å²) in [5.74, 6) is 2.86. The predicted octanol–water partition coefficient (Wildman–Crippen LogP) is 1.66. The lowest BCUT2D eigenvalue weighted by molar-refractivity contribution is 0.133. The lowest BCUT2D eigenvalue weighted by atomic mass is 9.87. The SMILES string of the molecule is CSCCCN1CCC(C)C(CN)C1. The van der Waals surface area contributed by atoms with E-state index in [0.29, 0.717) is 0 Å². The van der Waals surface area contributed by atoms with E-state index in [4.69, 9.17) is 5.73 Å². The number of piperidine rings is 1. The van der Waals surface area contributed by atoms with Gasteiger partial charge in [0.15, 0.2) is 0 Å². The fourth-order valence-electron chi connectivity index (χ4n) is 2.17. The van der Waals surface area contributed by atoms with Crippen LogP contribution in [0.15, 0.2) is 0 Å². The number of hydrogen-bond donors (Lipinski definition) is 1. The summed E-state index contributed by atoms with van der Waals surface area (Å²) in [7, 11) is 0. The Morgan fingerprint density at radius 2 is 2.29 bits per heavy atom. The van der Waals surface area contributed by atoms with Gasteiger partial charge in [-0.15, -0.1) is 0 Å². The van der Waals surface area contributed by atoms with Crippen LogP contribution in [0.1, 0.15) is 19.8 Å². The molecule has 1 heterocycles. The van der Waals surface area contributed by atoms with Gasteiger partial charge in [-0.1, -0.05) is 6.92 Å². The summed E-state index contributed by atoms with van der Waals surface area (Å²) < 4.78 is 0. The van der Waals surface area contributed by atoms with E-state index in [0.717, 1.165) is 18.4 Å². The topological polar surface area (TPSA) is 29.3 Å². The van der Waals surface area contributed by atoms with Crippen molar-refractivity contribution in [1.82, 2.24) is 4.90 Å². The van der Waals surface area contributed by atoms with E-state index in [1.54, 1.807) is 0 Å². The second kappa shape index (κ2) is 6.70. The lowest BCUT2D eigenvalue weighted by Gasteiger charge is -2.36. The van der Waals surface area contributed by atoms with Gasteiger partial charge in [-0.05, 0) is 56.3 Å². The van der Waals surface area contributed by atoms with E-state index in [9.17, 15) is 0 Å². The third kappa shape index (κ3) is 3.79. The Labute approximate surface area is 92.6 Å². The first-order chi connectivity index (χ1) is 6.77. The summed E-state index contributed by atoms with van der Waals surface area (Å²) in [5, 5.41) is 0. The number of likely N-dealkylation sites (tertiary alicyclic amines) is 1. The Bertz CT molecular complexity index is 152. The molecule has 0 aromatic heterocycles. The van der Waals surface area contributed by atoms with Gasteiger partial charge in [-0.3, -0.25) is 0 Å². The van der Waals surface area contributed by atoms with Gasteiger partial charge in [-0.2, -0.15) is 11.8 Å². The molecular formula is C11H24N2S. The van der Waals surface area contributed by atoms with Crippen molar-refractivity contribution in [2.75, 3.05) is 38.2 Å². The first-order valence-corrected chi connectivity index (χ1v) is 7.08. The van der Waals surface area contributed by atoms with Crippen LogP contribution >= 0.6 is 11.8 Å². The smallest absolute Gasteiger partial charge is 0.00243 e. The van der Waals surface area contributed by atoms with Crippen molar-refractivity contribution in [3.8, 4) is 0 Å². The van der Waals surface area contributed by atoms with Crippen LogP contribution in [-0.2, 0) is 0 Å². The summed E-state index contributed by atoms with van der Waals surface area (Å²) in [4.78, 5) is 2.59. The van der Waals surface area contributed by atoms with Crippen molar-refractivity contribution < 1.29 is 0 Å². The fourth-order valence-corrected chi connectivity index (χ4v) is 2.58. The summed E-state index contributed by atoms with van der Waals surface area (Å²) in [6.07, 6.45) is 4.84. The molecule has 2 N–H and O–H groups in total. The maximum absolute atomic E-state index is 5.78. The van der Waals surface area contributed by atoms with E-state index in [-0.39, 0.29) is 0 Å². The van der Waals surface area contributed by atoms with Crippen molar-refractivity contribution in [2.45, 2.75) is 19.8 Å². The zero-order valence-corrected chi connectivity index (χ0v) is 10.4. The molecule has 0 bridgehead atoms. The zero-order valence-electron chi connectivity index (χ0n) is 9.54. The Balaban J connectivity index is 2.21. The number of nitrogens with two attached hydrogens (primary N) is 1. The molecule has 84 valence electrons. The molecule has 1 fully saturated rings. The first-order valence-electron chi connectivity index (χ1n) is 5.69. The summed E-state index contributed by atoms with van der Waals surface area (Å²) in [6.45, 7) is 6.99. The van der Waals surface area contributed by atoms with Gasteiger partial charge in [0, 0.05) is 6.54 Å². The van der Waals surface area contributed by atoms with Crippen LogP contribution < -0.4 is 5.73 Å². The molecule has 2 atom stereocenters. The quantitative estimate of drug-likeness (QED) is 0.709. The first kappa shape index (κ1) is 12.3. The van der Waals surface area contributed by atoms with Gasteiger partial charge >= 0.3 is 0 Å². The molecule has 2 unspecified atom stereocenters. The van der Waals surface area contributed by atoms with Gasteiger partial charge in [0.1, 0.15) is 0 Å². The highest BCUT2D eigenvalue weighted by Gasteiger charge is 2.24. The van der Waals surface area contributed by atoms with Crippen LogP contribution in [0.3, 0.4) is 0 Å². The molecule has 0 aliphatic carbocycles. The van der Waals surface area contributed by atoms with E-state index < -0.39 is 0 Å². The third-order valence-electron chi connectivity index (χ3n) is 3.32. The predicted molar refractivity (Wildman–Crippen MR) is 65.8 cm³/mol. The summed E-state index contributed by atoms with van der Waals surface area (Å²) in [5.41, 5.74) is 5.78. The van der Waals surface area contributed by atoms with Crippen LogP contribution in [0.25, 0.3) is 0 Å². The van der Waals surface area contributed by atoms with Crippen LogP contribution in [-0.4, -0.2) is 43.1 Å². The molecule has 0 spiro atoms. The minimum absolute atomic E-state index is 0.734. The van der Waals surface area contributed by atoms with Crippen molar-refractivity contribution in [3.63, 3.8) is 0 Å². The van der Waals surface area contributed by atoms with Gasteiger partial charge in [0.2, 0.25) is 0 Å². The molecule has 1 saturated heterocycles. The van der Waals surface area contributed by atoms with Gasteiger partial charge < -0.3 is 10.6 Å². The molecule has 0 amide bonds. The standard InChI is InChI=1S/C11H24N2S/c1-10-4-6-13(5-3-7-14-2)9-11(10)8-12/h10-11H,3-9,12H2,1-2H3. The second-order valence-corrected chi connectivity index (χ2v) is 5.39. The average molecular weight is 216 g/mol. The third-order valence-corrected chi connectivity index (χ3v) is 4.02. The van der Waals surface area contributed by atoms with E-state index in [1.807, 2.05) is 11.8 Å². The van der Waals surface area contributed by atoms with Crippen molar-refractivity contribution >= 4 is 11.8 Å². The molecule has 0 saturated carbocycles. The molecule has 14 heavy (non-hydrogen) atoms. The molecule has 2 nitrogen and oxygen atoms in total. The maximum atomic E-state index is 5.78. The van der Waals surface area contributed by atoms with Crippen LogP contribution in [0.2, 0.25) is 0 Å². The zero-order chi connectivity index (χ0) is 10.4. The monoisotopic (exact) mass is 216 g/mol. The minimum Gasteiger partial charge on any atom is -0.330 e. The largest absolute Gasteiger partial charge is 0.330 e. The normalized spacial score (nSPS) is 29.4. The second-order valence-electron chi connectivity index (χ2n) is 4.41. The summed E-state index contributed by atoms with van der Waals surface area (Å²) in [6, 6.07) is 0. The average Bonchev–Trinajstić information content (AvgIpc) is 2.21.